The molecule has 2 heterocycles. The van der Waals surface area contributed by atoms with Crippen molar-refractivity contribution in [2.24, 2.45) is 0 Å². The van der Waals surface area contributed by atoms with Gasteiger partial charge in [0, 0.05) is 23.7 Å². The predicted octanol–water partition coefficient (Wildman–Crippen LogP) is 3.81. The molecular weight excluding hydrogens is 378 g/mol. The zero-order valence-corrected chi connectivity index (χ0v) is 16.4. The Labute approximate surface area is 166 Å². The van der Waals surface area contributed by atoms with Crippen LogP contribution in [-0.2, 0) is 4.79 Å². The van der Waals surface area contributed by atoms with Gasteiger partial charge in [0.2, 0.25) is 5.91 Å². The number of anilines is 4. The molecule has 0 aliphatic rings. The molecule has 28 heavy (non-hydrogen) atoms. The molecule has 8 nitrogen and oxygen atoms in total. The summed E-state index contributed by atoms with van der Waals surface area (Å²) in [6.45, 7) is 3.31. The number of carbonyl (C=O) groups excluding carboxylic acids is 2. The van der Waals surface area contributed by atoms with Gasteiger partial charge in [-0.05, 0) is 37.3 Å². The lowest BCUT2D eigenvalue weighted by atomic mass is 10.2. The number of aryl methyl sites for hydroxylation is 1. The summed E-state index contributed by atoms with van der Waals surface area (Å²) >= 11 is 1.30. The zero-order chi connectivity index (χ0) is 20.1. The van der Waals surface area contributed by atoms with Crippen LogP contribution < -0.4 is 20.7 Å². The Balaban J connectivity index is 1.74. The SMILES string of the molecule is COc1ccc(NC(C)=O)cc1NC(=O)c1csc(Nc2cccc(C)n2)n1. The molecule has 144 valence electrons. The molecule has 1 aromatic carbocycles. The molecule has 9 heteroatoms. The third-order valence-electron chi connectivity index (χ3n) is 3.63. The molecule has 2 aromatic heterocycles. The van der Waals surface area contributed by atoms with Gasteiger partial charge in [-0.3, -0.25) is 9.59 Å². The van der Waals surface area contributed by atoms with Crippen molar-refractivity contribution < 1.29 is 14.3 Å². The number of ether oxygens (including phenoxy) is 1. The normalized spacial score (nSPS) is 10.2. The van der Waals surface area contributed by atoms with Gasteiger partial charge in [-0.15, -0.1) is 11.3 Å². The van der Waals surface area contributed by atoms with Crippen LogP contribution >= 0.6 is 11.3 Å². The third-order valence-corrected chi connectivity index (χ3v) is 4.39. The summed E-state index contributed by atoms with van der Waals surface area (Å²) in [6, 6.07) is 10.6. The maximum Gasteiger partial charge on any atom is 0.275 e. The summed E-state index contributed by atoms with van der Waals surface area (Å²) < 4.78 is 5.27. The Morgan fingerprint density at radius 1 is 1.11 bits per heavy atom. The van der Waals surface area contributed by atoms with Gasteiger partial charge in [0.25, 0.3) is 5.91 Å². The smallest absolute Gasteiger partial charge is 0.275 e. The number of hydrogen-bond donors (Lipinski definition) is 3. The summed E-state index contributed by atoms with van der Waals surface area (Å²) in [6.07, 6.45) is 0. The number of nitrogens with one attached hydrogen (secondary N) is 3. The number of hydrogen-bond acceptors (Lipinski definition) is 7. The number of aromatic nitrogens is 2. The highest BCUT2D eigenvalue weighted by Crippen LogP contribution is 2.29. The number of rotatable bonds is 6. The van der Waals surface area contributed by atoms with Crippen molar-refractivity contribution in [2.75, 3.05) is 23.1 Å². The van der Waals surface area contributed by atoms with E-state index in [1.807, 2.05) is 25.1 Å². The lowest BCUT2D eigenvalue weighted by molar-refractivity contribution is -0.114. The van der Waals surface area contributed by atoms with E-state index in [0.29, 0.717) is 28.1 Å². The average molecular weight is 397 g/mol. The van der Waals surface area contributed by atoms with Crippen molar-refractivity contribution in [3.63, 3.8) is 0 Å². The van der Waals surface area contributed by atoms with Crippen LogP contribution in [0.25, 0.3) is 0 Å². The van der Waals surface area contributed by atoms with E-state index in [-0.39, 0.29) is 17.5 Å². The van der Waals surface area contributed by atoms with Crippen LogP contribution in [0.1, 0.15) is 23.1 Å². The molecule has 2 amide bonds. The molecule has 0 spiro atoms. The lowest BCUT2D eigenvalue weighted by Gasteiger charge is -2.11. The summed E-state index contributed by atoms with van der Waals surface area (Å²) in [5, 5.41) is 10.7. The second-order valence-corrected chi connectivity index (χ2v) is 6.74. The minimum absolute atomic E-state index is 0.206. The molecule has 3 rings (SSSR count). The van der Waals surface area contributed by atoms with Gasteiger partial charge in [0.15, 0.2) is 5.13 Å². The number of methoxy groups -OCH3 is 1. The van der Waals surface area contributed by atoms with Gasteiger partial charge >= 0.3 is 0 Å². The Bertz CT molecular complexity index is 1020. The van der Waals surface area contributed by atoms with Gasteiger partial charge in [0.05, 0.1) is 12.8 Å². The first kappa shape index (κ1) is 19.3. The van der Waals surface area contributed by atoms with Crippen molar-refractivity contribution in [1.82, 2.24) is 9.97 Å². The fourth-order valence-electron chi connectivity index (χ4n) is 2.43. The third kappa shape index (κ3) is 4.83. The van der Waals surface area contributed by atoms with Crippen LogP contribution in [0, 0.1) is 6.92 Å². The molecule has 0 atom stereocenters. The van der Waals surface area contributed by atoms with E-state index in [2.05, 4.69) is 25.9 Å². The first-order valence-corrected chi connectivity index (χ1v) is 9.26. The monoisotopic (exact) mass is 397 g/mol. The summed E-state index contributed by atoms with van der Waals surface area (Å²) in [5.74, 6) is 0.535. The average Bonchev–Trinajstić information content (AvgIpc) is 3.10. The van der Waals surface area contributed by atoms with Crippen molar-refractivity contribution in [1.29, 1.82) is 0 Å². The van der Waals surface area contributed by atoms with Gasteiger partial charge in [-0.25, -0.2) is 9.97 Å². The number of amides is 2. The second kappa shape index (κ2) is 8.49. The number of thiazole rings is 1. The highest BCUT2D eigenvalue weighted by Gasteiger charge is 2.14. The minimum Gasteiger partial charge on any atom is -0.495 e. The van der Waals surface area contributed by atoms with E-state index in [0.717, 1.165) is 5.69 Å². The maximum absolute atomic E-state index is 12.6. The van der Waals surface area contributed by atoms with E-state index >= 15 is 0 Å². The van der Waals surface area contributed by atoms with Crippen LogP contribution in [0.2, 0.25) is 0 Å². The number of pyridine rings is 1. The number of benzene rings is 1. The zero-order valence-electron chi connectivity index (χ0n) is 15.6. The Morgan fingerprint density at radius 3 is 2.64 bits per heavy atom. The topological polar surface area (TPSA) is 105 Å². The fraction of sp³-hybridized carbons (Fsp3) is 0.158. The van der Waals surface area contributed by atoms with Crippen LogP contribution in [0.3, 0.4) is 0 Å². The highest BCUT2D eigenvalue weighted by atomic mass is 32.1. The summed E-state index contributed by atoms with van der Waals surface area (Å²) in [4.78, 5) is 32.5. The van der Waals surface area contributed by atoms with Gasteiger partial charge < -0.3 is 20.7 Å². The van der Waals surface area contributed by atoms with Crippen LogP contribution in [0.5, 0.6) is 5.75 Å². The van der Waals surface area contributed by atoms with Gasteiger partial charge in [0.1, 0.15) is 17.3 Å². The molecule has 0 saturated carbocycles. The quantitative estimate of drug-likeness (QED) is 0.584. The molecular formula is C19H19N5O3S. The lowest BCUT2D eigenvalue weighted by Crippen LogP contribution is -2.14. The fourth-order valence-corrected chi connectivity index (χ4v) is 3.13. The molecule has 0 radical (unpaired) electrons. The molecule has 0 saturated heterocycles. The van der Waals surface area contributed by atoms with Gasteiger partial charge in [-0.1, -0.05) is 6.07 Å². The second-order valence-electron chi connectivity index (χ2n) is 5.88. The van der Waals surface area contributed by atoms with Gasteiger partial charge in [-0.2, -0.15) is 0 Å². The summed E-state index contributed by atoms with van der Waals surface area (Å²) in [7, 11) is 1.50. The Hall–Kier alpha value is -3.46. The maximum atomic E-state index is 12.6. The standard InChI is InChI=1S/C19H19N5O3S/c1-11-5-4-6-17(20-11)24-19-23-15(10-28-19)18(26)22-14-9-13(21-12(2)25)7-8-16(14)27-3/h4-10H,1-3H3,(H,21,25)(H,22,26)(H,20,23,24). The first-order chi connectivity index (χ1) is 13.4. The number of carbonyl (C=O) groups is 2. The molecule has 0 aliphatic carbocycles. The molecule has 0 aliphatic heterocycles. The molecule has 3 aromatic rings. The summed E-state index contributed by atoms with van der Waals surface area (Å²) in [5.41, 5.74) is 2.12. The Morgan fingerprint density at radius 2 is 1.93 bits per heavy atom. The number of nitrogens with zero attached hydrogens (tertiary/aromatic N) is 2. The highest BCUT2D eigenvalue weighted by molar-refractivity contribution is 7.14. The van der Waals surface area contributed by atoms with E-state index in [1.165, 1.54) is 25.4 Å². The van der Waals surface area contributed by atoms with E-state index in [9.17, 15) is 9.59 Å². The van der Waals surface area contributed by atoms with Crippen molar-refractivity contribution >= 4 is 45.5 Å². The molecule has 3 N–H and O–H groups in total. The first-order valence-electron chi connectivity index (χ1n) is 8.38. The minimum atomic E-state index is -0.389. The van der Waals surface area contributed by atoms with Crippen molar-refractivity contribution in [3.05, 3.63) is 53.2 Å². The van der Waals surface area contributed by atoms with E-state index in [1.54, 1.807) is 23.6 Å². The predicted molar refractivity (Wildman–Crippen MR) is 110 cm³/mol. The molecule has 0 bridgehead atoms. The molecule has 0 fully saturated rings. The van der Waals surface area contributed by atoms with Crippen molar-refractivity contribution in [2.45, 2.75) is 13.8 Å². The van der Waals surface area contributed by atoms with E-state index < -0.39 is 0 Å². The van der Waals surface area contributed by atoms with Crippen LogP contribution in [0.4, 0.5) is 22.3 Å². The van der Waals surface area contributed by atoms with Crippen molar-refractivity contribution in [3.8, 4) is 5.75 Å². The van der Waals surface area contributed by atoms with E-state index in [4.69, 9.17) is 4.74 Å². The Kier molecular flexibility index (Phi) is 5.85. The largest absolute Gasteiger partial charge is 0.495 e. The van der Waals surface area contributed by atoms with Crippen LogP contribution in [0.15, 0.2) is 41.8 Å². The van der Waals surface area contributed by atoms with Crippen LogP contribution in [-0.4, -0.2) is 28.9 Å². The molecule has 0 unspecified atom stereocenters.